The number of carbonyl (C=O) groups excluding carboxylic acids is 2. The van der Waals surface area contributed by atoms with E-state index in [-0.39, 0.29) is 25.7 Å². The summed E-state index contributed by atoms with van der Waals surface area (Å²) in [6.45, 7) is 8.29. The summed E-state index contributed by atoms with van der Waals surface area (Å²) in [4.78, 5) is 31.4. The highest BCUT2D eigenvalue weighted by Crippen LogP contribution is 2.29. The van der Waals surface area contributed by atoms with E-state index in [1.165, 1.54) is 0 Å². The maximum atomic E-state index is 13.2. The van der Waals surface area contributed by atoms with Crippen LogP contribution in [0.2, 0.25) is 0 Å². The van der Waals surface area contributed by atoms with E-state index in [1.54, 1.807) is 11.1 Å². The van der Waals surface area contributed by atoms with Crippen molar-refractivity contribution in [2.24, 2.45) is 0 Å². The second-order valence-electron chi connectivity index (χ2n) is 11.0. The minimum atomic E-state index is -0.668. The van der Waals surface area contributed by atoms with Crippen LogP contribution in [0.4, 0.5) is 4.79 Å². The second-order valence-corrected chi connectivity index (χ2v) is 11.0. The van der Waals surface area contributed by atoms with Crippen molar-refractivity contribution < 1.29 is 28.9 Å². The smallest absolute Gasteiger partial charge is 0.410 e. The van der Waals surface area contributed by atoms with Crippen molar-refractivity contribution in [2.75, 3.05) is 6.54 Å². The zero-order chi connectivity index (χ0) is 29.7. The molecule has 0 radical (unpaired) electrons. The average molecular weight is 563 g/mol. The van der Waals surface area contributed by atoms with Crippen LogP contribution in [-0.2, 0) is 40.6 Å². The minimum absolute atomic E-state index is 0.192. The molecule has 220 valence electrons. The molecular formula is C33H42N2O6. The van der Waals surface area contributed by atoms with E-state index >= 15 is 0 Å². The lowest BCUT2D eigenvalue weighted by Crippen LogP contribution is -2.37. The standard InChI is InChI=1S/C33H42N2O6/c1-25-31(40-24-27-16-10-6-11-17-27)29(28(22-36)20-34-25)21-35(32(38)41-33(2,3)4)19-13-7-12-18-30(37)39-23-26-14-8-5-9-15-26/h5-6,8-11,14-17,20,36H,7,12-13,18-19,21-24H2,1-4H3. The molecule has 1 heterocycles. The Morgan fingerprint density at radius 1 is 0.902 bits per heavy atom. The summed E-state index contributed by atoms with van der Waals surface area (Å²) in [5, 5.41) is 10.1. The fourth-order valence-corrected chi connectivity index (χ4v) is 4.22. The largest absolute Gasteiger partial charge is 0.487 e. The van der Waals surface area contributed by atoms with Gasteiger partial charge in [-0.3, -0.25) is 9.78 Å². The number of aryl methyl sites for hydroxylation is 1. The van der Waals surface area contributed by atoms with E-state index in [2.05, 4.69) is 4.98 Å². The third kappa shape index (κ3) is 10.9. The van der Waals surface area contributed by atoms with Gasteiger partial charge in [0.2, 0.25) is 0 Å². The molecule has 0 fully saturated rings. The minimum Gasteiger partial charge on any atom is -0.487 e. The molecule has 8 heteroatoms. The van der Waals surface area contributed by atoms with Crippen molar-refractivity contribution in [1.29, 1.82) is 0 Å². The number of benzene rings is 2. The highest BCUT2D eigenvalue weighted by atomic mass is 16.6. The fraction of sp³-hybridized carbons (Fsp3) is 0.424. The van der Waals surface area contributed by atoms with Gasteiger partial charge < -0.3 is 24.2 Å². The number of aliphatic hydroxyl groups excluding tert-OH is 1. The van der Waals surface area contributed by atoms with Gasteiger partial charge in [-0.2, -0.15) is 0 Å². The summed E-state index contributed by atoms with van der Waals surface area (Å²) in [6, 6.07) is 19.4. The van der Waals surface area contributed by atoms with Crippen LogP contribution < -0.4 is 4.74 Å². The van der Waals surface area contributed by atoms with Gasteiger partial charge in [-0.1, -0.05) is 67.1 Å². The molecule has 0 unspecified atom stereocenters. The van der Waals surface area contributed by atoms with Gasteiger partial charge in [-0.15, -0.1) is 0 Å². The first-order valence-corrected chi connectivity index (χ1v) is 14.1. The average Bonchev–Trinajstić information content (AvgIpc) is 2.95. The number of aliphatic hydroxyl groups is 1. The maximum Gasteiger partial charge on any atom is 0.410 e. The molecule has 1 amide bonds. The van der Waals surface area contributed by atoms with E-state index in [1.807, 2.05) is 88.4 Å². The van der Waals surface area contributed by atoms with Gasteiger partial charge in [0.25, 0.3) is 0 Å². The summed E-state index contributed by atoms with van der Waals surface area (Å²) in [5.74, 6) is 0.313. The van der Waals surface area contributed by atoms with Crippen molar-refractivity contribution in [1.82, 2.24) is 9.88 Å². The molecule has 8 nitrogen and oxygen atoms in total. The van der Waals surface area contributed by atoms with E-state index in [0.717, 1.165) is 17.5 Å². The highest BCUT2D eigenvalue weighted by Gasteiger charge is 2.25. The molecule has 0 atom stereocenters. The summed E-state index contributed by atoms with van der Waals surface area (Å²) < 4.78 is 17.3. The van der Waals surface area contributed by atoms with Gasteiger partial charge in [-0.25, -0.2) is 4.79 Å². The van der Waals surface area contributed by atoms with Crippen LogP contribution in [0.15, 0.2) is 66.9 Å². The molecule has 0 aliphatic carbocycles. The zero-order valence-corrected chi connectivity index (χ0v) is 24.6. The lowest BCUT2D eigenvalue weighted by Gasteiger charge is -2.29. The number of pyridine rings is 1. The second kappa shape index (κ2) is 15.8. The predicted octanol–water partition coefficient (Wildman–Crippen LogP) is 6.50. The number of rotatable bonds is 14. The summed E-state index contributed by atoms with van der Waals surface area (Å²) in [7, 11) is 0. The number of nitrogens with zero attached hydrogens (tertiary/aromatic N) is 2. The number of carbonyl (C=O) groups is 2. The molecule has 0 bridgehead atoms. The van der Waals surface area contributed by atoms with E-state index in [4.69, 9.17) is 14.2 Å². The Balaban J connectivity index is 1.64. The molecule has 0 saturated heterocycles. The van der Waals surface area contributed by atoms with Crippen LogP contribution in [0.3, 0.4) is 0 Å². The predicted molar refractivity (Wildman–Crippen MR) is 157 cm³/mol. The fourth-order valence-electron chi connectivity index (χ4n) is 4.22. The van der Waals surface area contributed by atoms with Crippen LogP contribution in [0, 0.1) is 6.92 Å². The Hall–Kier alpha value is -3.91. The van der Waals surface area contributed by atoms with Gasteiger partial charge in [0.05, 0.1) is 18.8 Å². The molecule has 0 spiro atoms. The van der Waals surface area contributed by atoms with Crippen molar-refractivity contribution in [3.05, 3.63) is 94.8 Å². The number of esters is 1. The monoisotopic (exact) mass is 562 g/mol. The molecule has 2 aromatic carbocycles. The number of hydrogen-bond donors (Lipinski definition) is 1. The van der Waals surface area contributed by atoms with Gasteiger partial charge in [0, 0.05) is 30.3 Å². The Labute approximate surface area is 243 Å². The van der Waals surface area contributed by atoms with Gasteiger partial charge in [0.15, 0.2) is 0 Å². The van der Waals surface area contributed by atoms with E-state index < -0.39 is 11.7 Å². The third-order valence-electron chi connectivity index (χ3n) is 6.35. The first-order valence-electron chi connectivity index (χ1n) is 14.1. The zero-order valence-electron chi connectivity index (χ0n) is 24.6. The van der Waals surface area contributed by atoms with Crippen LogP contribution in [0.5, 0.6) is 5.75 Å². The van der Waals surface area contributed by atoms with Crippen LogP contribution in [-0.4, -0.2) is 39.2 Å². The van der Waals surface area contributed by atoms with Crippen LogP contribution >= 0.6 is 0 Å². The van der Waals surface area contributed by atoms with Crippen molar-refractivity contribution in [2.45, 2.75) is 85.3 Å². The number of hydrogen-bond acceptors (Lipinski definition) is 7. The molecule has 1 aromatic heterocycles. The first kappa shape index (κ1) is 31.6. The summed E-state index contributed by atoms with van der Waals surface area (Å²) >= 11 is 0. The lowest BCUT2D eigenvalue weighted by molar-refractivity contribution is -0.145. The normalized spacial score (nSPS) is 11.1. The number of amides is 1. The summed E-state index contributed by atoms with van der Waals surface area (Å²) in [5.41, 5.74) is 3.25. The number of aromatic nitrogens is 1. The van der Waals surface area contributed by atoms with E-state index in [9.17, 15) is 14.7 Å². The van der Waals surface area contributed by atoms with Crippen LogP contribution in [0.1, 0.15) is 74.4 Å². The van der Waals surface area contributed by atoms with Gasteiger partial charge in [-0.05, 0) is 51.7 Å². The van der Waals surface area contributed by atoms with Gasteiger partial charge in [0.1, 0.15) is 24.6 Å². The van der Waals surface area contributed by atoms with Crippen molar-refractivity contribution >= 4 is 12.1 Å². The maximum absolute atomic E-state index is 13.2. The van der Waals surface area contributed by atoms with E-state index in [0.29, 0.717) is 55.0 Å². The Bertz CT molecular complexity index is 1240. The summed E-state index contributed by atoms with van der Waals surface area (Å²) in [6.07, 6.45) is 3.54. The molecule has 0 saturated carbocycles. The molecule has 0 aliphatic heterocycles. The Morgan fingerprint density at radius 3 is 2.15 bits per heavy atom. The quantitative estimate of drug-likeness (QED) is 0.177. The topological polar surface area (TPSA) is 98.2 Å². The van der Waals surface area contributed by atoms with Crippen molar-refractivity contribution in [3.63, 3.8) is 0 Å². The Kier molecular flexibility index (Phi) is 12.2. The Morgan fingerprint density at radius 2 is 1.54 bits per heavy atom. The first-order chi connectivity index (χ1) is 19.7. The third-order valence-corrected chi connectivity index (χ3v) is 6.35. The number of unbranched alkanes of at least 4 members (excludes halogenated alkanes) is 2. The molecule has 3 rings (SSSR count). The van der Waals surface area contributed by atoms with Crippen molar-refractivity contribution in [3.8, 4) is 5.75 Å². The van der Waals surface area contributed by atoms with Crippen LogP contribution in [0.25, 0.3) is 0 Å². The molecule has 41 heavy (non-hydrogen) atoms. The number of ether oxygens (including phenoxy) is 3. The van der Waals surface area contributed by atoms with Gasteiger partial charge >= 0.3 is 12.1 Å². The lowest BCUT2D eigenvalue weighted by atomic mass is 10.1. The molecule has 1 N–H and O–H groups in total. The molecule has 0 aliphatic rings. The SMILES string of the molecule is Cc1ncc(CO)c(CN(CCCCCC(=O)OCc2ccccc2)C(=O)OC(C)(C)C)c1OCc1ccccc1. The molecular weight excluding hydrogens is 520 g/mol. The molecule has 3 aromatic rings. The highest BCUT2D eigenvalue weighted by molar-refractivity contribution is 5.69.